The number of nitrogens with one attached hydrogen (secondary N) is 1. The van der Waals surface area contributed by atoms with Crippen LogP contribution in [0.1, 0.15) is 6.42 Å². The van der Waals surface area contributed by atoms with Crippen LogP contribution in [-0.4, -0.2) is 28.5 Å². The van der Waals surface area contributed by atoms with Crippen LogP contribution in [0.4, 0.5) is 11.4 Å². The molecule has 10 heteroatoms. The van der Waals surface area contributed by atoms with Crippen LogP contribution >= 0.6 is 11.6 Å². The maximum atomic E-state index is 12.4. The summed E-state index contributed by atoms with van der Waals surface area (Å²) in [5, 5.41) is 0.247. The molecule has 1 aliphatic heterocycles. The minimum Gasteiger partial charge on any atom is -0.278 e. The topological polar surface area (TPSA) is 101 Å². The Kier molecular flexibility index (Phi) is 4.48. The second-order valence-electron chi connectivity index (χ2n) is 5.30. The van der Waals surface area contributed by atoms with E-state index in [-0.39, 0.29) is 33.5 Å². The number of hydrogen-bond acceptors (Lipinski definition) is 5. The molecule has 0 atom stereocenters. The highest BCUT2D eigenvalue weighted by atomic mass is 35.5. The Morgan fingerprint density at radius 3 is 2.24 bits per heavy atom. The number of amides is 1. The highest BCUT2D eigenvalue weighted by molar-refractivity contribution is 7.94. The lowest BCUT2D eigenvalue weighted by molar-refractivity contribution is -0.116. The van der Waals surface area contributed by atoms with Crippen LogP contribution < -0.4 is 9.03 Å². The molecule has 0 saturated carbocycles. The van der Waals surface area contributed by atoms with Crippen LogP contribution in [-0.2, 0) is 24.8 Å². The third-order valence-corrected chi connectivity index (χ3v) is 6.98. The quantitative estimate of drug-likeness (QED) is 0.847. The zero-order valence-corrected chi connectivity index (χ0v) is 15.1. The summed E-state index contributed by atoms with van der Waals surface area (Å²) in [5.41, 5.74) is 0.338. The Labute approximate surface area is 150 Å². The smallest absolute Gasteiger partial charge is 0.261 e. The van der Waals surface area contributed by atoms with Crippen molar-refractivity contribution in [3.05, 3.63) is 53.6 Å². The maximum absolute atomic E-state index is 12.4. The van der Waals surface area contributed by atoms with E-state index in [2.05, 4.69) is 4.72 Å². The van der Waals surface area contributed by atoms with Gasteiger partial charge in [-0.25, -0.2) is 21.1 Å². The third kappa shape index (κ3) is 3.48. The number of benzene rings is 2. The number of anilines is 2. The summed E-state index contributed by atoms with van der Waals surface area (Å²) in [4.78, 5) is 11.7. The van der Waals surface area contributed by atoms with Crippen molar-refractivity contribution in [2.24, 2.45) is 0 Å². The second kappa shape index (κ2) is 6.32. The molecule has 0 unspecified atom stereocenters. The summed E-state index contributed by atoms with van der Waals surface area (Å²) < 4.78 is 51.7. The van der Waals surface area contributed by atoms with Crippen LogP contribution in [0.2, 0.25) is 5.02 Å². The minimum absolute atomic E-state index is 0.0831. The van der Waals surface area contributed by atoms with Crippen LogP contribution in [0, 0.1) is 0 Å². The molecular weight excluding hydrogens is 388 g/mol. The second-order valence-corrected chi connectivity index (χ2v) is 9.33. The van der Waals surface area contributed by atoms with Crippen LogP contribution in [0.15, 0.2) is 53.4 Å². The molecule has 2 aromatic carbocycles. The molecule has 0 spiro atoms. The molecule has 0 bridgehead atoms. The Morgan fingerprint density at radius 2 is 1.68 bits per heavy atom. The van der Waals surface area contributed by atoms with Gasteiger partial charge in [-0.1, -0.05) is 23.7 Å². The normalized spacial score (nSPS) is 16.8. The molecule has 3 rings (SSSR count). The predicted octanol–water partition coefficient (Wildman–Crippen LogP) is 2.21. The largest absolute Gasteiger partial charge is 0.278 e. The van der Waals surface area contributed by atoms with E-state index in [1.165, 1.54) is 30.3 Å². The molecule has 7 nitrogen and oxygen atoms in total. The molecule has 1 saturated heterocycles. The molecule has 0 aliphatic carbocycles. The van der Waals surface area contributed by atoms with E-state index >= 15 is 0 Å². The molecule has 1 aliphatic rings. The highest BCUT2D eigenvalue weighted by Gasteiger charge is 2.36. The van der Waals surface area contributed by atoms with E-state index in [0.29, 0.717) is 4.31 Å². The zero-order valence-electron chi connectivity index (χ0n) is 12.7. The first kappa shape index (κ1) is 17.7. The molecule has 1 fully saturated rings. The lowest BCUT2D eigenvalue weighted by Gasteiger charge is -2.15. The Hall–Kier alpha value is -2.10. The molecule has 0 radical (unpaired) electrons. The summed E-state index contributed by atoms with van der Waals surface area (Å²) >= 11 is 5.94. The Morgan fingerprint density at radius 1 is 1.04 bits per heavy atom. The molecule has 25 heavy (non-hydrogen) atoms. The zero-order chi connectivity index (χ0) is 18.2. The van der Waals surface area contributed by atoms with Crippen molar-refractivity contribution in [3.63, 3.8) is 0 Å². The number of hydrogen-bond donors (Lipinski definition) is 1. The van der Waals surface area contributed by atoms with Gasteiger partial charge in [-0.15, -0.1) is 0 Å². The summed E-state index contributed by atoms with van der Waals surface area (Å²) in [5.74, 6) is -0.787. The van der Waals surface area contributed by atoms with Crippen molar-refractivity contribution in [1.82, 2.24) is 0 Å². The average molecular weight is 401 g/mol. The number of halogens is 1. The number of sulfonamides is 2. The van der Waals surface area contributed by atoms with Crippen LogP contribution in [0.5, 0.6) is 0 Å². The van der Waals surface area contributed by atoms with Gasteiger partial charge in [0.05, 0.1) is 27.0 Å². The third-order valence-electron chi connectivity index (χ3n) is 3.58. The first-order valence-electron chi connectivity index (χ1n) is 7.14. The first-order valence-corrected chi connectivity index (χ1v) is 10.6. The Bertz CT molecular complexity index is 1030. The summed E-state index contributed by atoms with van der Waals surface area (Å²) in [6.45, 7) is 0. The van der Waals surface area contributed by atoms with Gasteiger partial charge in [0, 0.05) is 6.42 Å². The van der Waals surface area contributed by atoms with Crippen LogP contribution in [0.25, 0.3) is 0 Å². The summed E-state index contributed by atoms with van der Waals surface area (Å²) in [7, 11) is -7.60. The molecular formula is C15H13ClN2O5S2. The van der Waals surface area contributed by atoms with Crippen molar-refractivity contribution in [2.45, 2.75) is 11.3 Å². The van der Waals surface area contributed by atoms with Crippen molar-refractivity contribution in [2.75, 3.05) is 14.8 Å². The number of carbonyl (C=O) groups is 1. The molecule has 0 aromatic heterocycles. The Balaban J connectivity index is 1.90. The minimum atomic E-state index is -3.91. The highest BCUT2D eigenvalue weighted by Crippen LogP contribution is 2.28. The van der Waals surface area contributed by atoms with Gasteiger partial charge < -0.3 is 0 Å². The van der Waals surface area contributed by atoms with Crippen LogP contribution in [0.3, 0.4) is 0 Å². The lowest BCUT2D eigenvalue weighted by Crippen LogP contribution is -2.29. The lowest BCUT2D eigenvalue weighted by atomic mass is 10.3. The van der Waals surface area contributed by atoms with Gasteiger partial charge in [-0.05, 0) is 36.4 Å². The van der Waals surface area contributed by atoms with Gasteiger partial charge in [0.1, 0.15) is 0 Å². The van der Waals surface area contributed by atoms with Gasteiger partial charge in [-0.3, -0.25) is 9.52 Å². The number of carbonyl (C=O) groups excluding carboxylic acids is 1. The van der Waals surface area contributed by atoms with E-state index in [9.17, 15) is 21.6 Å². The molecule has 1 amide bonds. The standard InChI is InChI=1S/C15H13ClN2O5S2/c16-13-3-1-2-4-14(13)17-25(22,23)12-7-5-11(6-8-12)18-15(19)9-10-24(18,20)21/h1-8,17H,9-10H2. The molecule has 132 valence electrons. The van der Waals surface area contributed by atoms with E-state index in [4.69, 9.17) is 11.6 Å². The van der Waals surface area contributed by atoms with E-state index in [1.807, 2.05) is 0 Å². The van der Waals surface area contributed by atoms with Crippen molar-refractivity contribution in [1.29, 1.82) is 0 Å². The number of rotatable bonds is 4. The van der Waals surface area contributed by atoms with Crippen molar-refractivity contribution >= 4 is 48.9 Å². The number of nitrogens with zero attached hydrogens (tertiary/aromatic N) is 1. The average Bonchev–Trinajstić information content (AvgIpc) is 2.83. The fourth-order valence-corrected chi connectivity index (χ4v) is 5.16. The molecule has 1 heterocycles. The van der Waals surface area contributed by atoms with Crippen molar-refractivity contribution in [3.8, 4) is 0 Å². The van der Waals surface area contributed by atoms with Gasteiger partial charge in [0.25, 0.3) is 10.0 Å². The summed E-state index contributed by atoms with van der Waals surface area (Å²) in [6.07, 6.45) is -0.0869. The number of para-hydroxylation sites is 1. The first-order chi connectivity index (χ1) is 11.7. The van der Waals surface area contributed by atoms with E-state index in [0.717, 1.165) is 0 Å². The fraction of sp³-hybridized carbons (Fsp3) is 0.133. The maximum Gasteiger partial charge on any atom is 0.261 e. The van der Waals surface area contributed by atoms with E-state index < -0.39 is 26.0 Å². The van der Waals surface area contributed by atoms with Gasteiger partial charge in [-0.2, -0.15) is 0 Å². The molecule has 2 aromatic rings. The monoisotopic (exact) mass is 400 g/mol. The SMILES string of the molecule is O=C1CCS(=O)(=O)N1c1ccc(S(=O)(=O)Nc2ccccc2Cl)cc1. The van der Waals surface area contributed by atoms with Crippen molar-refractivity contribution < 1.29 is 21.6 Å². The van der Waals surface area contributed by atoms with Gasteiger partial charge in [0.15, 0.2) is 0 Å². The molecule has 1 N–H and O–H groups in total. The van der Waals surface area contributed by atoms with Gasteiger partial charge in [0.2, 0.25) is 15.9 Å². The predicted molar refractivity (Wildman–Crippen MR) is 94.6 cm³/mol. The summed E-state index contributed by atoms with van der Waals surface area (Å²) in [6, 6.07) is 11.4. The van der Waals surface area contributed by atoms with Gasteiger partial charge >= 0.3 is 0 Å². The fourth-order valence-electron chi connectivity index (χ4n) is 2.38. The van der Waals surface area contributed by atoms with E-state index in [1.54, 1.807) is 18.2 Å².